The predicted octanol–water partition coefficient (Wildman–Crippen LogP) is 2.59. The second kappa shape index (κ2) is 5.20. The molecule has 3 heteroatoms. The van der Waals surface area contributed by atoms with Crippen LogP contribution in [0.25, 0.3) is 0 Å². The van der Waals surface area contributed by atoms with E-state index in [2.05, 4.69) is 19.2 Å². The number of hydrogen-bond donors (Lipinski definition) is 2. The van der Waals surface area contributed by atoms with E-state index in [4.69, 9.17) is 5.73 Å². The molecule has 2 aliphatic rings. The van der Waals surface area contributed by atoms with E-state index in [-0.39, 0.29) is 16.7 Å². The van der Waals surface area contributed by atoms with Crippen molar-refractivity contribution in [3.8, 4) is 0 Å². The molecule has 2 rings (SSSR count). The topological polar surface area (TPSA) is 55.1 Å². The van der Waals surface area contributed by atoms with E-state index in [1.807, 2.05) is 0 Å². The molecule has 3 N–H and O–H groups in total. The number of nitrogens with one attached hydrogen (secondary N) is 1. The smallest absolute Gasteiger partial charge is 0.227 e. The van der Waals surface area contributed by atoms with Crippen LogP contribution in [0.15, 0.2) is 0 Å². The lowest BCUT2D eigenvalue weighted by molar-refractivity contribution is -0.133. The van der Waals surface area contributed by atoms with Crippen molar-refractivity contribution >= 4 is 5.91 Å². The van der Waals surface area contributed by atoms with Crippen LogP contribution >= 0.6 is 0 Å². The van der Waals surface area contributed by atoms with Crippen molar-refractivity contribution in [3.05, 3.63) is 0 Å². The Balaban J connectivity index is 2.01. The van der Waals surface area contributed by atoms with Crippen molar-refractivity contribution in [2.45, 2.75) is 71.3 Å². The van der Waals surface area contributed by atoms with Crippen molar-refractivity contribution < 1.29 is 4.79 Å². The molecular weight excluding hydrogens is 224 g/mol. The van der Waals surface area contributed by atoms with Crippen LogP contribution in [-0.4, -0.2) is 18.5 Å². The summed E-state index contributed by atoms with van der Waals surface area (Å²) >= 11 is 0. The average molecular weight is 252 g/mol. The average Bonchev–Trinajstić information content (AvgIpc) is 2.69. The molecule has 0 aromatic heterocycles. The van der Waals surface area contributed by atoms with E-state index in [0.29, 0.717) is 12.6 Å². The molecule has 0 aromatic rings. The highest BCUT2D eigenvalue weighted by molar-refractivity contribution is 5.83. The zero-order chi connectivity index (χ0) is 13.2. The van der Waals surface area contributed by atoms with Crippen LogP contribution in [0.4, 0.5) is 0 Å². The SMILES string of the molecule is CC1(C)CCCC1NC(=O)C1(CN)CCCCC1. The first-order valence-electron chi connectivity index (χ1n) is 7.51. The number of carbonyl (C=O) groups is 1. The largest absolute Gasteiger partial charge is 0.352 e. The fourth-order valence-electron chi connectivity index (χ4n) is 3.66. The Hall–Kier alpha value is -0.570. The Kier molecular flexibility index (Phi) is 4.00. The fraction of sp³-hybridized carbons (Fsp3) is 0.933. The number of rotatable bonds is 3. The van der Waals surface area contributed by atoms with Crippen LogP contribution in [0.1, 0.15) is 65.2 Å². The Morgan fingerprint density at radius 1 is 1.17 bits per heavy atom. The predicted molar refractivity (Wildman–Crippen MR) is 74.1 cm³/mol. The van der Waals surface area contributed by atoms with Gasteiger partial charge in [0.15, 0.2) is 0 Å². The van der Waals surface area contributed by atoms with Crippen molar-refractivity contribution in [1.82, 2.24) is 5.32 Å². The molecule has 1 unspecified atom stereocenters. The molecule has 18 heavy (non-hydrogen) atoms. The summed E-state index contributed by atoms with van der Waals surface area (Å²) in [6.07, 6.45) is 9.08. The normalized spacial score (nSPS) is 30.1. The summed E-state index contributed by atoms with van der Waals surface area (Å²) in [6, 6.07) is 0.343. The molecule has 0 bridgehead atoms. The molecular formula is C15H28N2O. The zero-order valence-corrected chi connectivity index (χ0v) is 11.9. The minimum atomic E-state index is -0.267. The molecule has 1 atom stereocenters. The lowest BCUT2D eigenvalue weighted by Gasteiger charge is -2.37. The molecule has 2 fully saturated rings. The van der Waals surface area contributed by atoms with Crippen molar-refractivity contribution in [2.24, 2.45) is 16.6 Å². The van der Waals surface area contributed by atoms with Gasteiger partial charge in [0.1, 0.15) is 0 Å². The standard InChI is InChI=1S/C15H28N2O/c1-14(2)8-6-7-12(14)17-13(18)15(11-16)9-4-3-5-10-15/h12H,3-11,16H2,1-2H3,(H,17,18). The molecule has 0 aliphatic heterocycles. The van der Waals surface area contributed by atoms with Gasteiger partial charge in [-0.1, -0.05) is 39.5 Å². The van der Waals surface area contributed by atoms with Crippen LogP contribution in [0.5, 0.6) is 0 Å². The van der Waals surface area contributed by atoms with Crippen LogP contribution in [0, 0.1) is 10.8 Å². The molecule has 0 spiro atoms. The minimum Gasteiger partial charge on any atom is -0.352 e. The maximum absolute atomic E-state index is 12.6. The number of hydrogen-bond acceptors (Lipinski definition) is 2. The quantitative estimate of drug-likeness (QED) is 0.811. The van der Waals surface area contributed by atoms with E-state index in [0.717, 1.165) is 32.1 Å². The first kappa shape index (κ1) is 13.9. The highest BCUT2D eigenvalue weighted by Crippen LogP contribution is 2.40. The summed E-state index contributed by atoms with van der Waals surface area (Å²) in [7, 11) is 0. The Morgan fingerprint density at radius 3 is 2.33 bits per heavy atom. The molecule has 104 valence electrons. The van der Waals surface area contributed by atoms with Gasteiger partial charge >= 0.3 is 0 Å². The summed E-state index contributed by atoms with van der Waals surface area (Å²) in [5.41, 5.74) is 5.90. The van der Waals surface area contributed by atoms with Gasteiger partial charge in [-0.25, -0.2) is 0 Å². The molecule has 2 saturated carbocycles. The monoisotopic (exact) mass is 252 g/mol. The lowest BCUT2D eigenvalue weighted by Crippen LogP contribution is -2.52. The van der Waals surface area contributed by atoms with Crippen LogP contribution in [0.2, 0.25) is 0 Å². The molecule has 0 radical (unpaired) electrons. The maximum Gasteiger partial charge on any atom is 0.227 e. The molecule has 3 nitrogen and oxygen atoms in total. The van der Waals surface area contributed by atoms with Gasteiger partial charge in [-0.3, -0.25) is 4.79 Å². The highest BCUT2D eigenvalue weighted by atomic mass is 16.2. The lowest BCUT2D eigenvalue weighted by atomic mass is 9.73. The van der Waals surface area contributed by atoms with E-state index < -0.39 is 0 Å². The molecule has 1 amide bonds. The van der Waals surface area contributed by atoms with Crippen LogP contribution in [0.3, 0.4) is 0 Å². The van der Waals surface area contributed by atoms with Crippen molar-refractivity contribution in [2.75, 3.05) is 6.54 Å². The number of amides is 1. The van der Waals surface area contributed by atoms with Crippen LogP contribution in [-0.2, 0) is 4.79 Å². The van der Waals surface area contributed by atoms with E-state index >= 15 is 0 Å². The minimum absolute atomic E-state index is 0.227. The van der Waals surface area contributed by atoms with Crippen molar-refractivity contribution in [3.63, 3.8) is 0 Å². The summed E-state index contributed by atoms with van der Waals surface area (Å²) in [4.78, 5) is 12.6. The summed E-state index contributed by atoms with van der Waals surface area (Å²) < 4.78 is 0. The fourth-order valence-corrected chi connectivity index (χ4v) is 3.66. The zero-order valence-electron chi connectivity index (χ0n) is 11.9. The summed E-state index contributed by atoms with van der Waals surface area (Å²) in [5.74, 6) is 0.227. The van der Waals surface area contributed by atoms with Crippen molar-refractivity contribution in [1.29, 1.82) is 0 Å². The van der Waals surface area contributed by atoms with Gasteiger partial charge < -0.3 is 11.1 Å². The van der Waals surface area contributed by atoms with Crippen LogP contribution < -0.4 is 11.1 Å². The molecule has 0 saturated heterocycles. The third kappa shape index (κ3) is 2.56. The second-order valence-electron chi connectivity index (χ2n) is 6.95. The third-order valence-corrected chi connectivity index (χ3v) is 5.25. The van der Waals surface area contributed by atoms with Gasteiger partial charge in [-0.2, -0.15) is 0 Å². The van der Waals surface area contributed by atoms with E-state index in [1.165, 1.54) is 19.3 Å². The summed E-state index contributed by atoms with van der Waals surface area (Å²) in [5, 5.41) is 3.31. The maximum atomic E-state index is 12.6. The first-order valence-corrected chi connectivity index (χ1v) is 7.51. The van der Waals surface area contributed by atoms with Gasteiger partial charge in [-0.15, -0.1) is 0 Å². The Morgan fingerprint density at radius 2 is 1.83 bits per heavy atom. The molecule has 0 heterocycles. The molecule has 0 aromatic carbocycles. The van der Waals surface area contributed by atoms with Gasteiger partial charge in [0.05, 0.1) is 5.41 Å². The Labute approximate surface area is 111 Å². The van der Waals surface area contributed by atoms with Gasteiger partial charge in [0, 0.05) is 12.6 Å². The van der Waals surface area contributed by atoms with Gasteiger partial charge in [-0.05, 0) is 31.1 Å². The number of nitrogens with two attached hydrogens (primary N) is 1. The number of carbonyl (C=O) groups excluding carboxylic acids is 1. The van der Waals surface area contributed by atoms with E-state index in [9.17, 15) is 4.79 Å². The molecule has 2 aliphatic carbocycles. The third-order valence-electron chi connectivity index (χ3n) is 5.25. The second-order valence-corrected chi connectivity index (χ2v) is 6.95. The summed E-state index contributed by atoms with van der Waals surface area (Å²) in [6.45, 7) is 5.04. The first-order chi connectivity index (χ1) is 8.50. The van der Waals surface area contributed by atoms with E-state index in [1.54, 1.807) is 0 Å². The highest BCUT2D eigenvalue weighted by Gasteiger charge is 2.42. The Bertz CT molecular complexity index is 306. The van der Waals surface area contributed by atoms with Gasteiger partial charge in [0.25, 0.3) is 0 Å². The van der Waals surface area contributed by atoms with Gasteiger partial charge in [0.2, 0.25) is 5.91 Å².